The maximum absolute atomic E-state index is 9.38. The van der Waals surface area contributed by atoms with E-state index >= 15 is 0 Å². The maximum Gasteiger partial charge on any atom is 0.124 e. The molecule has 0 aromatic heterocycles. The Labute approximate surface area is 103 Å². The molecule has 3 heteroatoms. The second-order valence-corrected chi connectivity index (χ2v) is 4.60. The van der Waals surface area contributed by atoms with Crippen molar-refractivity contribution >= 4 is 0 Å². The van der Waals surface area contributed by atoms with E-state index in [2.05, 4.69) is 43.0 Å². The van der Waals surface area contributed by atoms with E-state index in [4.69, 9.17) is 4.74 Å². The predicted molar refractivity (Wildman–Crippen MR) is 66.7 cm³/mol. The third-order valence-electron chi connectivity index (χ3n) is 3.09. The molecule has 2 rings (SSSR count). The highest BCUT2D eigenvalue weighted by molar-refractivity contribution is 5.33. The smallest absolute Gasteiger partial charge is 0.124 e. The first-order valence-electron chi connectivity index (χ1n) is 6.00. The van der Waals surface area contributed by atoms with Gasteiger partial charge in [-0.2, -0.15) is 5.26 Å². The molecule has 1 unspecified atom stereocenters. The summed E-state index contributed by atoms with van der Waals surface area (Å²) in [4.78, 5) is 2.19. The Bertz CT molecular complexity index is 410. The molecule has 0 aliphatic carbocycles. The summed E-state index contributed by atoms with van der Waals surface area (Å²) < 4.78 is 5.33. The summed E-state index contributed by atoms with van der Waals surface area (Å²) in [5, 5.41) is 9.38. The number of ether oxygens (including phenoxy) is 1. The number of rotatable bonds is 2. The highest BCUT2D eigenvalue weighted by Gasteiger charge is 2.22. The van der Waals surface area contributed by atoms with Crippen molar-refractivity contribution < 1.29 is 4.74 Å². The lowest BCUT2D eigenvalue weighted by Gasteiger charge is -2.30. The van der Waals surface area contributed by atoms with Gasteiger partial charge in [-0.05, 0) is 19.4 Å². The number of benzene rings is 1. The summed E-state index contributed by atoms with van der Waals surface area (Å²) in [6.07, 6.45) is 0. The summed E-state index contributed by atoms with van der Waals surface area (Å²) in [7, 11) is 0. The van der Waals surface area contributed by atoms with Gasteiger partial charge in [-0.25, -0.2) is 0 Å². The van der Waals surface area contributed by atoms with E-state index in [1.807, 2.05) is 0 Å². The quantitative estimate of drug-likeness (QED) is 0.781. The molecule has 17 heavy (non-hydrogen) atoms. The molecule has 0 radical (unpaired) electrons. The first-order chi connectivity index (χ1) is 8.20. The van der Waals surface area contributed by atoms with E-state index in [1.165, 1.54) is 11.1 Å². The van der Waals surface area contributed by atoms with Crippen LogP contribution in [0.25, 0.3) is 0 Å². The molecule has 1 aromatic rings. The molecule has 1 atom stereocenters. The molecule has 3 nitrogen and oxygen atoms in total. The zero-order valence-corrected chi connectivity index (χ0v) is 10.4. The van der Waals surface area contributed by atoms with Crippen LogP contribution in [0.3, 0.4) is 0 Å². The van der Waals surface area contributed by atoms with Crippen molar-refractivity contribution in [3.63, 3.8) is 0 Å². The van der Waals surface area contributed by atoms with Crippen LogP contribution < -0.4 is 0 Å². The highest BCUT2D eigenvalue weighted by Crippen LogP contribution is 2.23. The highest BCUT2D eigenvalue weighted by atomic mass is 16.5. The van der Waals surface area contributed by atoms with Crippen molar-refractivity contribution in [2.24, 2.45) is 0 Å². The summed E-state index contributed by atoms with van der Waals surface area (Å²) in [6, 6.07) is 8.62. The van der Waals surface area contributed by atoms with Gasteiger partial charge < -0.3 is 4.74 Å². The molecular formula is C14H18N2O. The summed E-state index contributed by atoms with van der Waals surface area (Å²) in [5.41, 5.74) is 3.54. The average molecular weight is 230 g/mol. The van der Waals surface area contributed by atoms with Crippen molar-refractivity contribution in [1.29, 1.82) is 5.26 Å². The van der Waals surface area contributed by atoms with Gasteiger partial charge in [0.2, 0.25) is 0 Å². The number of morpholine rings is 1. The van der Waals surface area contributed by atoms with Gasteiger partial charge in [-0.15, -0.1) is 0 Å². The molecule has 1 aliphatic heterocycles. The number of aryl methyl sites for hydroxylation is 2. The molecule has 1 aromatic carbocycles. The van der Waals surface area contributed by atoms with E-state index in [-0.39, 0.29) is 6.04 Å². The Hall–Kier alpha value is -1.37. The van der Waals surface area contributed by atoms with Gasteiger partial charge in [-0.1, -0.05) is 29.3 Å². The minimum atomic E-state index is -0.141. The van der Waals surface area contributed by atoms with E-state index in [0.29, 0.717) is 0 Å². The fourth-order valence-electron chi connectivity index (χ4n) is 2.37. The molecule has 1 saturated heterocycles. The van der Waals surface area contributed by atoms with Crippen LogP contribution in [-0.4, -0.2) is 31.2 Å². The van der Waals surface area contributed by atoms with Gasteiger partial charge in [0.05, 0.1) is 19.3 Å². The van der Waals surface area contributed by atoms with Crippen molar-refractivity contribution in [2.45, 2.75) is 19.9 Å². The molecule has 1 aliphatic rings. The second-order valence-electron chi connectivity index (χ2n) is 4.60. The lowest BCUT2D eigenvalue weighted by molar-refractivity contribution is 0.0266. The summed E-state index contributed by atoms with van der Waals surface area (Å²) in [5.74, 6) is 0. The predicted octanol–water partition coefficient (Wildman–Crippen LogP) is 2.20. The zero-order chi connectivity index (χ0) is 12.3. The third kappa shape index (κ3) is 2.85. The van der Waals surface area contributed by atoms with Crippen LogP contribution >= 0.6 is 0 Å². The van der Waals surface area contributed by atoms with E-state index in [1.54, 1.807) is 0 Å². The van der Waals surface area contributed by atoms with Crippen LogP contribution in [0.4, 0.5) is 0 Å². The van der Waals surface area contributed by atoms with Gasteiger partial charge in [0, 0.05) is 13.1 Å². The third-order valence-corrected chi connectivity index (χ3v) is 3.09. The molecule has 1 heterocycles. The lowest BCUT2D eigenvalue weighted by Crippen LogP contribution is -2.38. The van der Waals surface area contributed by atoms with Crippen LogP contribution in [0.1, 0.15) is 22.7 Å². The van der Waals surface area contributed by atoms with Crippen LogP contribution in [0.2, 0.25) is 0 Å². The summed E-state index contributed by atoms with van der Waals surface area (Å²) in [6.45, 7) is 7.27. The fourth-order valence-corrected chi connectivity index (χ4v) is 2.37. The molecule has 1 fully saturated rings. The van der Waals surface area contributed by atoms with Crippen molar-refractivity contribution in [2.75, 3.05) is 26.3 Å². The Balaban J connectivity index is 2.25. The van der Waals surface area contributed by atoms with Gasteiger partial charge in [0.25, 0.3) is 0 Å². The van der Waals surface area contributed by atoms with E-state index < -0.39 is 0 Å². The van der Waals surface area contributed by atoms with E-state index in [0.717, 1.165) is 31.9 Å². The Morgan fingerprint density at radius 2 is 1.76 bits per heavy atom. The molecular weight excluding hydrogens is 212 g/mol. The molecule has 0 N–H and O–H groups in total. The topological polar surface area (TPSA) is 36.3 Å². The Morgan fingerprint density at radius 1 is 1.18 bits per heavy atom. The standard InChI is InChI=1S/C14H18N2O/c1-11-7-12(2)9-13(8-11)14(10-15)16-3-5-17-6-4-16/h7-9,14H,3-6H2,1-2H3. The largest absolute Gasteiger partial charge is 0.379 e. The minimum absolute atomic E-state index is 0.141. The molecule has 0 bridgehead atoms. The number of hydrogen-bond donors (Lipinski definition) is 0. The monoisotopic (exact) mass is 230 g/mol. The van der Waals surface area contributed by atoms with Gasteiger partial charge in [-0.3, -0.25) is 4.90 Å². The van der Waals surface area contributed by atoms with Gasteiger partial charge in [0.1, 0.15) is 6.04 Å². The second kappa shape index (κ2) is 5.31. The first-order valence-corrected chi connectivity index (χ1v) is 6.00. The fraction of sp³-hybridized carbons (Fsp3) is 0.500. The van der Waals surface area contributed by atoms with Crippen molar-refractivity contribution in [3.8, 4) is 6.07 Å². The van der Waals surface area contributed by atoms with Gasteiger partial charge >= 0.3 is 0 Å². The van der Waals surface area contributed by atoms with Crippen molar-refractivity contribution in [3.05, 3.63) is 34.9 Å². The van der Waals surface area contributed by atoms with E-state index in [9.17, 15) is 5.26 Å². The van der Waals surface area contributed by atoms with Crippen LogP contribution in [0.15, 0.2) is 18.2 Å². The Morgan fingerprint density at radius 3 is 2.29 bits per heavy atom. The molecule has 0 saturated carbocycles. The number of nitrogens with zero attached hydrogens (tertiary/aromatic N) is 2. The molecule has 0 amide bonds. The molecule has 90 valence electrons. The minimum Gasteiger partial charge on any atom is -0.379 e. The SMILES string of the molecule is Cc1cc(C)cc(C(C#N)N2CCOCC2)c1. The van der Waals surface area contributed by atoms with Crippen LogP contribution in [0.5, 0.6) is 0 Å². The zero-order valence-electron chi connectivity index (χ0n) is 10.4. The normalized spacial score (nSPS) is 18.6. The number of nitriles is 1. The van der Waals surface area contributed by atoms with Crippen LogP contribution in [-0.2, 0) is 4.74 Å². The average Bonchev–Trinajstić information content (AvgIpc) is 2.30. The number of hydrogen-bond acceptors (Lipinski definition) is 3. The maximum atomic E-state index is 9.38. The van der Waals surface area contributed by atoms with Gasteiger partial charge in [0.15, 0.2) is 0 Å². The lowest BCUT2D eigenvalue weighted by atomic mass is 10.0. The van der Waals surface area contributed by atoms with Crippen LogP contribution in [0, 0.1) is 25.2 Å². The first kappa shape index (κ1) is 12.1. The Kier molecular flexibility index (Phi) is 3.78. The van der Waals surface area contributed by atoms with Crippen molar-refractivity contribution in [1.82, 2.24) is 4.90 Å². The summed E-state index contributed by atoms with van der Waals surface area (Å²) >= 11 is 0. The molecule has 0 spiro atoms.